The van der Waals surface area contributed by atoms with Gasteiger partial charge in [0.1, 0.15) is 0 Å². The monoisotopic (exact) mass is 420 g/mol. The molecule has 1 saturated carbocycles. The van der Waals surface area contributed by atoms with Gasteiger partial charge in [0.05, 0.1) is 10.3 Å². The second-order valence-electron chi connectivity index (χ2n) is 8.18. The normalized spacial score (nSPS) is 22.1. The summed E-state index contributed by atoms with van der Waals surface area (Å²) in [6.07, 6.45) is 6.75. The molecule has 1 N–H and O–H groups in total. The highest BCUT2D eigenvalue weighted by Crippen LogP contribution is 2.60. The minimum absolute atomic E-state index is 0.0471. The Bertz CT molecular complexity index is 933. The first-order chi connectivity index (χ1) is 13.1. The van der Waals surface area contributed by atoms with E-state index in [4.69, 9.17) is 0 Å². The van der Waals surface area contributed by atoms with Crippen LogP contribution in [0.4, 0.5) is 5.13 Å². The van der Waals surface area contributed by atoms with Crippen LogP contribution in [0.5, 0.6) is 0 Å². The Labute approximate surface area is 171 Å². The highest BCUT2D eigenvalue weighted by molar-refractivity contribution is 7.90. The molecule has 3 rings (SSSR count). The van der Waals surface area contributed by atoms with Crippen LogP contribution in [0.2, 0.25) is 0 Å². The van der Waals surface area contributed by atoms with Crippen molar-refractivity contribution in [3.63, 3.8) is 0 Å². The van der Waals surface area contributed by atoms with Gasteiger partial charge in [-0.05, 0) is 41.9 Å². The molecule has 152 valence electrons. The van der Waals surface area contributed by atoms with E-state index in [2.05, 4.69) is 31.1 Å². The van der Waals surface area contributed by atoms with Gasteiger partial charge in [-0.25, -0.2) is 13.4 Å². The molecule has 1 aliphatic carbocycles. The molecule has 1 aromatic carbocycles. The SMILES string of the molecule is CCC(C)(CC)CC1CC1(C(=O)Nc1nccs1)c1ccc(S(C)(=O)=O)cc1. The highest BCUT2D eigenvalue weighted by atomic mass is 32.2. The van der Waals surface area contributed by atoms with Gasteiger partial charge in [0.25, 0.3) is 0 Å². The molecule has 0 bridgehead atoms. The molecule has 28 heavy (non-hydrogen) atoms. The number of benzene rings is 1. The average Bonchev–Trinajstić information content (AvgIpc) is 3.14. The van der Waals surface area contributed by atoms with E-state index in [1.165, 1.54) is 17.6 Å². The highest BCUT2D eigenvalue weighted by Gasteiger charge is 2.61. The molecule has 1 aromatic heterocycles. The fourth-order valence-electron chi connectivity index (χ4n) is 3.97. The molecule has 0 spiro atoms. The third-order valence-electron chi connectivity index (χ3n) is 6.41. The van der Waals surface area contributed by atoms with Gasteiger partial charge < -0.3 is 5.32 Å². The van der Waals surface area contributed by atoms with Gasteiger partial charge in [-0.2, -0.15) is 0 Å². The van der Waals surface area contributed by atoms with Gasteiger partial charge in [-0.15, -0.1) is 11.3 Å². The van der Waals surface area contributed by atoms with Crippen LogP contribution in [0.15, 0.2) is 40.7 Å². The lowest BCUT2D eigenvalue weighted by atomic mass is 9.77. The molecule has 1 aliphatic rings. The van der Waals surface area contributed by atoms with Crippen LogP contribution in [0.3, 0.4) is 0 Å². The van der Waals surface area contributed by atoms with Crippen molar-refractivity contribution >= 4 is 32.2 Å². The number of carbonyl (C=O) groups excluding carboxylic acids is 1. The van der Waals surface area contributed by atoms with Gasteiger partial charge in [-0.1, -0.05) is 45.7 Å². The van der Waals surface area contributed by atoms with Gasteiger partial charge in [0.2, 0.25) is 5.91 Å². The average molecular weight is 421 g/mol. The van der Waals surface area contributed by atoms with E-state index >= 15 is 0 Å². The van der Waals surface area contributed by atoms with Crippen molar-refractivity contribution in [3.8, 4) is 0 Å². The Hall–Kier alpha value is -1.73. The largest absolute Gasteiger partial charge is 0.301 e. The zero-order chi connectivity index (χ0) is 20.6. The van der Waals surface area contributed by atoms with Crippen molar-refractivity contribution in [2.24, 2.45) is 11.3 Å². The number of nitrogens with zero attached hydrogens (tertiary/aromatic N) is 1. The summed E-state index contributed by atoms with van der Waals surface area (Å²) in [5.41, 5.74) is 0.460. The number of thiazole rings is 1. The van der Waals surface area contributed by atoms with Crippen LogP contribution in [-0.4, -0.2) is 25.6 Å². The Morgan fingerprint density at radius 2 is 1.93 bits per heavy atom. The summed E-state index contributed by atoms with van der Waals surface area (Å²) in [6, 6.07) is 6.81. The lowest BCUT2D eigenvalue weighted by Crippen LogP contribution is -2.31. The maximum Gasteiger partial charge on any atom is 0.237 e. The Kier molecular flexibility index (Phi) is 5.69. The third kappa shape index (κ3) is 4.01. The molecule has 2 unspecified atom stereocenters. The summed E-state index contributed by atoms with van der Waals surface area (Å²) in [5, 5.41) is 5.40. The van der Waals surface area contributed by atoms with Crippen molar-refractivity contribution in [1.82, 2.24) is 4.98 Å². The number of carbonyl (C=O) groups is 1. The molecule has 1 heterocycles. The van der Waals surface area contributed by atoms with Crippen molar-refractivity contribution in [2.75, 3.05) is 11.6 Å². The van der Waals surface area contributed by atoms with E-state index in [-0.39, 0.29) is 22.1 Å². The second kappa shape index (κ2) is 7.59. The Morgan fingerprint density at radius 1 is 1.29 bits per heavy atom. The maximum atomic E-state index is 13.3. The minimum atomic E-state index is -3.27. The molecule has 0 radical (unpaired) electrons. The third-order valence-corrected chi connectivity index (χ3v) is 8.22. The first-order valence-electron chi connectivity index (χ1n) is 9.66. The van der Waals surface area contributed by atoms with Crippen LogP contribution < -0.4 is 5.32 Å². The topological polar surface area (TPSA) is 76.1 Å². The van der Waals surface area contributed by atoms with E-state index in [9.17, 15) is 13.2 Å². The number of nitrogens with one attached hydrogen (secondary N) is 1. The quantitative estimate of drug-likeness (QED) is 0.674. The van der Waals surface area contributed by atoms with Crippen LogP contribution in [0.25, 0.3) is 0 Å². The van der Waals surface area contributed by atoms with Gasteiger partial charge in [0, 0.05) is 17.8 Å². The molecule has 7 heteroatoms. The molecule has 0 aliphatic heterocycles. The zero-order valence-electron chi connectivity index (χ0n) is 16.9. The summed E-state index contributed by atoms with van der Waals surface area (Å²) in [6.45, 7) is 6.68. The van der Waals surface area contributed by atoms with Gasteiger partial charge in [0.15, 0.2) is 15.0 Å². The van der Waals surface area contributed by atoms with Gasteiger partial charge >= 0.3 is 0 Å². The lowest BCUT2D eigenvalue weighted by Gasteiger charge is -2.28. The molecule has 2 aromatic rings. The van der Waals surface area contributed by atoms with E-state index in [0.29, 0.717) is 5.13 Å². The van der Waals surface area contributed by atoms with E-state index in [1.54, 1.807) is 30.5 Å². The Morgan fingerprint density at radius 3 is 2.43 bits per heavy atom. The first-order valence-corrected chi connectivity index (χ1v) is 12.4. The number of sulfone groups is 1. The second-order valence-corrected chi connectivity index (χ2v) is 11.1. The Balaban J connectivity index is 1.93. The number of hydrogen-bond donors (Lipinski definition) is 1. The molecule has 1 fully saturated rings. The summed E-state index contributed by atoms with van der Waals surface area (Å²) in [5.74, 6) is 0.190. The molecular weight excluding hydrogens is 392 g/mol. The van der Waals surface area contributed by atoms with Crippen molar-refractivity contribution in [3.05, 3.63) is 41.4 Å². The molecular formula is C21H28N2O3S2. The number of rotatable bonds is 8. The van der Waals surface area contributed by atoms with Crippen LogP contribution >= 0.6 is 11.3 Å². The van der Waals surface area contributed by atoms with Crippen molar-refractivity contribution in [2.45, 2.75) is 56.8 Å². The number of aromatic nitrogens is 1. The summed E-state index contributed by atoms with van der Waals surface area (Å²) in [4.78, 5) is 17.7. The predicted molar refractivity (Wildman–Crippen MR) is 113 cm³/mol. The van der Waals surface area contributed by atoms with E-state index in [0.717, 1.165) is 31.2 Å². The minimum Gasteiger partial charge on any atom is -0.301 e. The zero-order valence-corrected chi connectivity index (χ0v) is 18.5. The maximum absolute atomic E-state index is 13.3. The van der Waals surface area contributed by atoms with Crippen LogP contribution in [0, 0.1) is 11.3 Å². The number of amides is 1. The van der Waals surface area contributed by atoms with Crippen molar-refractivity contribution < 1.29 is 13.2 Å². The van der Waals surface area contributed by atoms with Crippen LogP contribution in [-0.2, 0) is 20.0 Å². The van der Waals surface area contributed by atoms with Gasteiger partial charge in [-0.3, -0.25) is 4.79 Å². The molecule has 0 saturated heterocycles. The van der Waals surface area contributed by atoms with Crippen LogP contribution in [0.1, 0.15) is 52.0 Å². The number of anilines is 1. The lowest BCUT2D eigenvalue weighted by molar-refractivity contribution is -0.119. The first kappa shape index (κ1) is 21.0. The summed E-state index contributed by atoms with van der Waals surface area (Å²) >= 11 is 1.40. The fraction of sp³-hybridized carbons (Fsp3) is 0.524. The standard InChI is InChI=1S/C21H28N2O3S2/c1-5-20(3,6-2)13-16-14-21(16,18(24)23-19-22-11-12-27-19)15-7-9-17(10-8-15)28(4,25)26/h7-12,16H,5-6,13-14H2,1-4H3,(H,22,23,24). The number of hydrogen-bond acceptors (Lipinski definition) is 5. The predicted octanol–water partition coefficient (Wildman–Crippen LogP) is 4.66. The van der Waals surface area contributed by atoms with E-state index < -0.39 is 15.3 Å². The molecule has 5 nitrogen and oxygen atoms in total. The summed E-state index contributed by atoms with van der Waals surface area (Å²) in [7, 11) is -3.27. The molecule has 2 atom stereocenters. The fourth-order valence-corrected chi connectivity index (χ4v) is 5.12. The summed E-state index contributed by atoms with van der Waals surface area (Å²) < 4.78 is 23.6. The van der Waals surface area contributed by atoms with Crippen molar-refractivity contribution in [1.29, 1.82) is 0 Å². The smallest absolute Gasteiger partial charge is 0.237 e. The molecule has 1 amide bonds. The van der Waals surface area contributed by atoms with E-state index in [1.807, 2.05) is 5.38 Å².